The average Bonchev–Trinajstić information content (AvgIpc) is 3.17. The first kappa shape index (κ1) is 14.4. The van der Waals surface area contributed by atoms with Gasteiger partial charge in [-0.3, -0.25) is 4.79 Å². The number of nitrogens with zero attached hydrogens (tertiary/aromatic N) is 3. The Labute approximate surface area is 138 Å². The maximum absolute atomic E-state index is 11.8. The summed E-state index contributed by atoms with van der Waals surface area (Å²) in [6, 6.07) is 9.66. The number of aromatic nitrogens is 3. The van der Waals surface area contributed by atoms with E-state index in [2.05, 4.69) is 37.0 Å². The average molecular weight is 322 g/mol. The zero-order chi connectivity index (χ0) is 17.2. The van der Waals surface area contributed by atoms with Crippen LogP contribution in [0.2, 0.25) is 0 Å². The van der Waals surface area contributed by atoms with E-state index in [9.17, 15) is 9.90 Å². The highest BCUT2D eigenvalue weighted by Crippen LogP contribution is 2.34. The molecule has 6 nitrogen and oxygen atoms in total. The molecule has 0 radical (unpaired) electrons. The normalized spacial score (nSPS) is 11.6. The second kappa shape index (κ2) is 4.67. The minimum absolute atomic E-state index is 0.106. The molecule has 2 heterocycles. The van der Waals surface area contributed by atoms with E-state index in [1.54, 1.807) is 13.0 Å². The molecule has 0 aliphatic heterocycles. The molecule has 0 aliphatic rings. The fourth-order valence-electron chi connectivity index (χ4n) is 2.86. The molecule has 0 saturated heterocycles. The lowest BCUT2D eigenvalue weighted by atomic mass is 10.1. The first-order valence-electron chi connectivity index (χ1n) is 7.69. The number of carbonyl (C=O) groups is 1. The van der Waals surface area contributed by atoms with Crippen LogP contribution < -0.4 is 5.32 Å². The second-order valence-electron chi connectivity index (χ2n) is 6.25. The number of nitrogens with one attached hydrogen (secondary N) is 1. The summed E-state index contributed by atoms with van der Waals surface area (Å²) < 4.78 is 3.97. The van der Waals surface area contributed by atoms with Gasteiger partial charge in [0.05, 0.1) is 0 Å². The van der Waals surface area contributed by atoms with Gasteiger partial charge in [-0.25, -0.2) is 0 Å². The summed E-state index contributed by atoms with van der Waals surface area (Å²) in [5.74, 6) is -0.151. The van der Waals surface area contributed by atoms with Gasteiger partial charge in [0.2, 0.25) is 0 Å². The summed E-state index contributed by atoms with van der Waals surface area (Å²) >= 11 is 0. The molecule has 0 fully saturated rings. The third-order valence-electron chi connectivity index (χ3n) is 4.24. The maximum Gasteiger partial charge on any atom is 0.250 e. The number of fused-ring (bicyclic) bond motifs is 4. The number of benzene rings is 2. The predicted octanol–water partition coefficient (Wildman–Crippen LogP) is 3.26. The Morgan fingerprint density at radius 1 is 1.12 bits per heavy atom. The van der Waals surface area contributed by atoms with E-state index < -0.39 is 0 Å². The van der Waals surface area contributed by atoms with E-state index in [0.717, 1.165) is 16.6 Å². The summed E-state index contributed by atoms with van der Waals surface area (Å²) in [5, 5.41) is 13.2. The van der Waals surface area contributed by atoms with Crippen molar-refractivity contribution in [2.45, 2.75) is 20.8 Å². The molecule has 0 atom stereocenters. The van der Waals surface area contributed by atoms with Crippen LogP contribution in [0.4, 0.5) is 5.69 Å². The summed E-state index contributed by atoms with van der Waals surface area (Å²) in [6.45, 7) is 9.21. The number of aryl methyl sites for hydroxylation is 2. The van der Waals surface area contributed by atoms with E-state index in [4.69, 9.17) is 0 Å². The van der Waals surface area contributed by atoms with Gasteiger partial charge < -0.3 is 10.4 Å². The van der Waals surface area contributed by atoms with Crippen LogP contribution in [0.15, 0.2) is 42.5 Å². The number of hydrogen-bond donors (Lipinski definition) is 2. The molecule has 122 valence electrons. The lowest BCUT2D eigenvalue weighted by Gasteiger charge is -2.10. The highest BCUT2D eigenvalue weighted by molar-refractivity contribution is 6.03. The molecule has 24 heavy (non-hydrogen) atoms. The Kier molecular flexibility index (Phi) is 2.81. The Morgan fingerprint density at radius 2 is 1.83 bits per heavy atom. The topological polar surface area (TPSA) is 63.1 Å². The fourth-order valence-corrected chi connectivity index (χ4v) is 2.86. The number of carbonyl (C=O) groups excluding carboxylic acids is 1. The van der Waals surface area contributed by atoms with Crippen LogP contribution in [0, 0.1) is 13.8 Å². The molecule has 2 aromatic heterocycles. The standard InChI is InChI=1S/C18H18N4O2/c1-10(2)18(24)19-13-9-17(23)16(8-12(13)4)22-20-14-6-5-11(3)7-15(14)21(20)22/h5-9,23H,1H2,2-4H3,(H,19,24). The van der Waals surface area contributed by atoms with Crippen molar-refractivity contribution in [2.24, 2.45) is 0 Å². The molecule has 2 aromatic carbocycles. The largest absolute Gasteiger partial charge is 0.506 e. The molecular weight excluding hydrogens is 304 g/mol. The zero-order valence-corrected chi connectivity index (χ0v) is 13.8. The van der Waals surface area contributed by atoms with Crippen LogP contribution in [0.1, 0.15) is 18.1 Å². The Balaban J connectivity index is 1.76. The van der Waals surface area contributed by atoms with Crippen LogP contribution in [-0.4, -0.2) is 25.1 Å². The van der Waals surface area contributed by atoms with Gasteiger partial charge in [0.25, 0.3) is 5.91 Å². The van der Waals surface area contributed by atoms with E-state index >= 15 is 0 Å². The van der Waals surface area contributed by atoms with Gasteiger partial charge >= 0.3 is 0 Å². The zero-order valence-electron chi connectivity index (χ0n) is 13.8. The summed E-state index contributed by atoms with van der Waals surface area (Å²) in [7, 11) is 0. The molecule has 6 heteroatoms. The molecule has 0 bridgehead atoms. The highest BCUT2D eigenvalue weighted by atomic mass is 16.3. The smallest absolute Gasteiger partial charge is 0.250 e. The first-order valence-corrected chi connectivity index (χ1v) is 7.69. The monoisotopic (exact) mass is 322 g/mol. The van der Waals surface area contributed by atoms with Gasteiger partial charge in [-0.1, -0.05) is 12.6 Å². The fraction of sp³-hybridized carbons (Fsp3) is 0.167. The second-order valence-corrected chi connectivity index (χ2v) is 6.25. The van der Waals surface area contributed by atoms with Gasteiger partial charge in [0.1, 0.15) is 22.5 Å². The number of phenols is 1. The summed E-state index contributed by atoms with van der Waals surface area (Å²) in [5.41, 5.74) is 5.96. The lowest BCUT2D eigenvalue weighted by molar-refractivity contribution is -0.112. The van der Waals surface area contributed by atoms with Crippen LogP contribution in [0.3, 0.4) is 0 Å². The van der Waals surface area contributed by atoms with Crippen molar-refractivity contribution in [2.75, 3.05) is 5.32 Å². The third-order valence-corrected chi connectivity index (χ3v) is 4.24. The van der Waals surface area contributed by atoms with E-state index in [-0.39, 0.29) is 11.7 Å². The van der Waals surface area contributed by atoms with E-state index in [1.807, 2.05) is 27.0 Å². The molecule has 4 rings (SSSR count). The van der Waals surface area contributed by atoms with Crippen molar-refractivity contribution in [1.82, 2.24) is 14.1 Å². The van der Waals surface area contributed by atoms with Crippen molar-refractivity contribution < 1.29 is 9.90 Å². The molecular formula is C18H18N4O2. The minimum atomic E-state index is -0.257. The molecule has 0 aliphatic carbocycles. The van der Waals surface area contributed by atoms with Gasteiger partial charge in [0.15, 0.2) is 0 Å². The molecule has 0 spiro atoms. The molecule has 0 unspecified atom stereocenters. The number of amides is 1. The summed E-state index contributed by atoms with van der Waals surface area (Å²) in [6.07, 6.45) is 0. The van der Waals surface area contributed by atoms with E-state index in [0.29, 0.717) is 16.9 Å². The van der Waals surface area contributed by atoms with Crippen LogP contribution in [0.25, 0.3) is 16.7 Å². The Bertz CT molecular complexity index is 1110. The predicted molar refractivity (Wildman–Crippen MR) is 93.4 cm³/mol. The quantitative estimate of drug-likeness (QED) is 0.569. The molecule has 0 saturated carbocycles. The van der Waals surface area contributed by atoms with Crippen molar-refractivity contribution in [3.8, 4) is 11.4 Å². The molecule has 4 aromatic rings. The van der Waals surface area contributed by atoms with Crippen molar-refractivity contribution in [3.63, 3.8) is 0 Å². The first-order chi connectivity index (χ1) is 11.4. The Morgan fingerprint density at radius 3 is 2.54 bits per heavy atom. The number of hydrogen-bond acceptors (Lipinski definition) is 2. The number of aromatic hydroxyl groups is 1. The van der Waals surface area contributed by atoms with Crippen LogP contribution in [-0.2, 0) is 4.79 Å². The molecule has 1 amide bonds. The molecule has 2 N–H and O–H groups in total. The SMILES string of the molecule is C=C(C)C(=O)Nc1cc(O)c(-n2n3c4ccc(C)cc4n23)cc1C. The number of rotatable bonds is 3. The van der Waals surface area contributed by atoms with Gasteiger partial charge in [-0.2, -0.15) is 0 Å². The number of anilines is 1. The number of phenolic OH excluding ortho intramolecular Hbond substituents is 1. The van der Waals surface area contributed by atoms with Gasteiger partial charge in [-0.05, 0) is 50.1 Å². The summed E-state index contributed by atoms with van der Waals surface area (Å²) in [4.78, 5) is 13.7. The highest BCUT2D eigenvalue weighted by Gasteiger charge is 2.26. The van der Waals surface area contributed by atoms with Crippen molar-refractivity contribution in [3.05, 3.63) is 53.6 Å². The van der Waals surface area contributed by atoms with Crippen LogP contribution in [0.5, 0.6) is 5.75 Å². The van der Waals surface area contributed by atoms with Gasteiger partial charge in [-0.15, -0.1) is 14.1 Å². The van der Waals surface area contributed by atoms with Gasteiger partial charge in [0, 0.05) is 17.3 Å². The lowest BCUT2D eigenvalue weighted by Crippen LogP contribution is -2.12. The maximum atomic E-state index is 11.8. The third kappa shape index (κ3) is 1.93. The Hall–Kier alpha value is -3.15. The van der Waals surface area contributed by atoms with Crippen molar-refractivity contribution in [1.29, 1.82) is 0 Å². The van der Waals surface area contributed by atoms with E-state index in [1.165, 1.54) is 5.56 Å². The minimum Gasteiger partial charge on any atom is -0.506 e. The van der Waals surface area contributed by atoms with Crippen molar-refractivity contribution >= 4 is 22.6 Å². The van der Waals surface area contributed by atoms with Crippen LogP contribution >= 0.6 is 0 Å².